The number of benzene rings is 1. The number of hydrogen-bond donors (Lipinski definition) is 2. The topological polar surface area (TPSA) is 81.4 Å². The Hall–Kier alpha value is -1.59. The third-order valence-electron chi connectivity index (χ3n) is 3.81. The molecule has 0 unspecified atom stereocenters. The van der Waals surface area contributed by atoms with E-state index < -0.39 is 16.9 Å². The van der Waals surface area contributed by atoms with Gasteiger partial charge in [-0.25, -0.2) is 4.79 Å². The van der Waals surface area contributed by atoms with E-state index in [9.17, 15) is 9.59 Å². The molecule has 1 aromatic carbocycles. The Kier molecular flexibility index (Phi) is 5.02. The van der Waals surface area contributed by atoms with Crippen LogP contribution in [-0.4, -0.2) is 24.5 Å². The maximum atomic E-state index is 12.4. The third-order valence-corrected chi connectivity index (χ3v) is 4.14. The lowest BCUT2D eigenvalue weighted by Gasteiger charge is -2.36. The zero-order chi connectivity index (χ0) is 16.4. The largest absolute Gasteiger partial charge is 0.465 e. The minimum Gasteiger partial charge on any atom is -0.465 e. The van der Waals surface area contributed by atoms with Gasteiger partial charge in [0, 0.05) is 11.2 Å². The molecule has 0 fully saturated rings. The Balaban J connectivity index is 3.05. The Morgan fingerprint density at radius 3 is 2.29 bits per heavy atom. The van der Waals surface area contributed by atoms with Gasteiger partial charge in [-0.05, 0) is 45.9 Å². The van der Waals surface area contributed by atoms with Gasteiger partial charge >= 0.3 is 5.97 Å². The summed E-state index contributed by atoms with van der Waals surface area (Å²) >= 11 is 5.94. The van der Waals surface area contributed by atoms with Gasteiger partial charge in [0.05, 0.1) is 23.1 Å². The van der Waals surface area contributed by atoms with Gasteiger partial charge in [0.2, 0.25) is 5.91 Å². The molecule has 21 heavy (non-hydrogen) atoms. The molecule has 0 saturated heterocycles. The quantitative estimate of drug-likeness (QED) is 0.838. The van der Waals surface area contributed by atoms with E-state index in [-0.39, 0.29) is 16.5 Å². The number of ether oxygens (including phenoxy) is 1. The molecule has 1 amide bonds. The SMILES string of the molecule is COC(=O)c1cc(NC(=O)C(C)(C)C(C)(C)N)ccc1Cl. The smallest absolute Gasteiger partial charge is 0.339 e. The van der Waals surface area contributed by atoms with E-state index in [1.54, 1.807) is 33.8 Å². The second kappa shape index (κ2) is 6.03. The van der Waals surface area contributed by atoms with Crippen LogP contribution in [0.5, 0.6) is 0 Å². The number of methoxy groups -OCH3 is 1. The van der Waals surface area contributed by atoms with Crippen molar-refractivity contribution < 1.29 is 14.3 Å². The highest BCUT2D eigenvalue weighted by atomic mass is 35.5. The fourth-order valence-electron chi connectivity index (χ4n) is 1.45. The van der Waals surface area contributed by atoms with E-state index in [4.69, 9.17) is 17.3 Å². The third kappa shape index (κ3) is 3.74. The highest BCUT2D eigenvalue weighted by molar-refractivity contribution is 6.33. The number of esters is 1. The highest BCUT2D eigenvalue weighted by Crippen LogP contribution is 2.30. The first-order valence-corrected chi connectivity index (χ1v) is 6.86. The first kappa shape index (κ1) is 17.5. The van der Waals surface area contributed by atoms with Crippen LogP contribution in [0, 0.1) is 5.41 Å². The number of carbonyl (C=O) groups is 2. The summed E-state index contributed by atoms with van der Waals surface area (Å²) in [5.41, 5.74) is 5.20. The van der Waals surface area contributed by atoms with Gasteiger partial charge in [-0.3, -0.25) is 4.79 Å². The van der Waals surface area contributed by atoms with Gasteiger partial charge in [-0.1, -0.05) is 11.6 Å². The molecule has 0 heterocycles. The summed E-state index contributed by atoms with van der Waals surface area (Å²) in [7, 11) is 1.27. The molecular weight excluding hydrogens is 292 g/mol. The summed E-state index contributed by atoms with van der Waals surface area (Å²) in [5.74, 6) is -0.803. The summed E-state index contributed by atoms with van der Waals surface area (Å²) < 4.78 is 4.64. The lowest BCUT2D eigenvalue weighted by molar-refractivity contribution is -0.126. The number of amides is 1. The molecule has 0 radical (unpaired) electrons. The van der Waals surface area contributed by atoms with Crippen LogP contribution >= 0.6 is 11.6 Å². The van der Waals surface area contributed by atoms with Crippen molar-refractivity contribution in [2.24, 2.45) is 11.1 Å². The van der Waals surface area contributed by atoms with Crippen LogP contribution < -0.4 is 11.1 Å². The second-order valence-electron chi connectivity index (χ2n) is 5.99. The van der Waals surface area contributed by atoms with Crippen molar-refractivity contribution in [3.63, 3.8) is 0 Å². The first-order chi connectivity index (χ1) is 9.50. The molecule has 0 bridgehead atoms. The van der Waals surface area contributed by atoms with Crippen LogP contribution in [-0.2, 0) is 9.53 Å². The number of rotatable bonds is 4. The fraction of sp³-hybridized carbons (Fsp3) is 0.467. The van der Waals surface area contributed by atoms with Gasteiger partial charge in [0.1, 0.15) is 0 Å². The normalized spacial score (nSPS) is 12.0. The number of nitrogens with two attached hydrogens (primary N) is 1. The average molecular weight is 313 g/mol. The number of halogens is 1. The molecule has 1 aromatic rings. The Labute approximate surface area is 129 Å². The summed E-state index contributed by atoms with van der Waals surface area (Å²) in [5, 5.41) is 3.01. The van der Waals surface area contributed by atoms with Crippen molar-refractivity contribution in [3.8, 4) is 0 Å². The van der Waals surface area contributed by atoms with Crippen molar-refractivity contribution in [3.05, 3.63) is 28.8 Å². The second-order valence-corrected chi connectivity index (χ2v) is 6.39. The van der Waals surface area contributed by atoms with Crippen LogP contribution in [0.25, 0.3) is 0 Å². The molecule has 0 aliphatic carbocycles. The molecule has 0 aromatic heterocycles. The molecular formula is C15H21ClN2O3. The monoisotopic (exact) mass is 312 g/mol. The average Bonchev–Trinajstić information content (AvgIpc) is 2.38. The first-order valence-electron chi connectivity index (χ1n) is 6.49. The molecule has 3 N–H and O–H groups in total. The molecule has 1 rings (SSSR count). The van der Waals surface area contributed by atoms with Crippen molar-refractivity contribution >= 4 is 29.2 Å². The van der Waals surface area contributed by atoms with Gasteiger partial charge in [-0.15, -0.1) is 0 Å². The molecule has 0 aliphatic heterocycles. The van der Waals surface area contributed by atoms with Crippen molar-refractivity contribution in [1.29, 1.82) is 0 Å². The van der Waals surface area contributed by atoms with Crippen molar-refractivity contribution in [1.82, 2.24) is 0 Å². The van der Waals surface area contributed by atoms with E-state index in [0.29, 0.717) is 5.69 Å². The molecule has 0 saturated carbocycles. The molecule has 5 nitrogen and oxygen atoms in total. The highest BCUT2D eigenvalue weighted by Gasteiger charge is 2.40. The maximum absolute atomic E-state index is 12.4. The fourth-order valence-corrected chi connectivity index (χ4v) is 1.64. The van der Waals surface area contributed by atoms with E-state index in [0.717, 1.165) is 0 Å². The minimum absolute atomic E-state index is 0.196. The van der Waals surface area contributed by atoms with E-state index in [2.05, 4.69) is 10.1 Å². The lowest BCUT2D eigenvalue weighted by Crippen LogP contribution is -2.53. The van der Waals surface area contributed by atoms with Crippen molar-refractivity contribution in [2.45, 2.75) is 33.2 Å². The minimum atomic E-state index is -0.794. The molecule has 6 heteroatoms. The maximum Gasteiger partial charge on any atom is 0.339 e. The van der Waals surface area contributed by atoms with E-state index in [1.807, 2.05) is 0 Å². The number of hydrogen-bond acceptors (Lipinski definition) is 4. The summed E-state index contributed by atoms with van der Waals surface area (Å²) in [6.07, 6.45) is 0. The predicted octanol–water partition coefficient (Wildman–Crippen LogP) is 2.83. The standard InChI is InChI=1S/C15H21ClN2O3/c1-14(2,15(3,4)17)13(20)18-9-6-7-11(16)10(8-9)12(19)21-5/h6-8H,17H2,1-5H3,(H,18,20). The summed E-state index contributed by atoms with van der Waals surface area (Å²) in [6, 6.07) is 4.63. The van der Waals surface area contributed by atoms with Crippen LogP contribution in [0.4, 0.5) is 5.69 Å². The van der Waals surface area contributed by atoms with Gasteiger partial charge in [-0.2, -0.15) is 0 Å². The molecule has 116 valence electrons. The Morgan fingerprint density at radius 2 is 1.81 bits per heavy atom. The van der Waals surface area contributed by atoms with Crippen LogP contribution in [0.1, 0.15) is 38.1 Å². The van der Waals surface area contributed by atoms with Crippen LogP contribution in [0.15, 0.2) is 18.2 Å². The Morgan fingerprint density at radius 1 is 1.24 bits per heavy atom. The predicted molar refractivity (Wildman–Crippen MR) is 83.5 cm³/mol. The summed E-state index contributed by atoms with van der Waals surface area (Å²) in [4.78, 5) is 24.0. The van der Waals surface area contributed by atoms with Crippen LogP contribution in [0.3, 0.4) is 0 Å². The Bertz CT molecular complexity index is 563. The summed E-state index contributed by atoms with van der Waals surface area (Å²) in [6.45, 7) is 7.10. The molecule has 0 aliphatic rings. The van der Waals surface area contributed by atoms with Gasteiger partial charge in [0.15, 0.2) is 0 Å². The zero-order valence-electron chi connectivity index (χ0n) is 12.9. The van der Waals surface area contributed by atoms with E-state index in [1.165, 1.54) is 19.2 Å². The zero-order valence-corrected chi connectivity index (χ0v) is 13.7. The number of nitrogens with one attached hydrogen (secondary N) is 1. The van der Waals surface area contributed by atoms with Crippen LogP contribution in [0.2, 0.25) is 5.02 Å². The number of carbonyl (C=O) groups excluding carboxylic acids is 2. The molecule has 0 spiro atoms. The van der Waals surface area contributed by atoms with Gasteiger partial charge < -0.3 is 15.8 Å². The lowest BCUT2D eigenvalue weighted by atomic mass is 9.74. The van der Waals surface area contributed by atoms with Gasteiger partial charge in [0.25, 0.3) is 0 Å². The number of anilines is 1. The van der Waals surface area contributed by atoms with E-state index >= 15 is 0 Å². The molecule has 0 atom stereocenters. The van der Waals surface area contributed by atoms with Crippen molar-refractivity contribution in [2.75, 3.05) is 12.4 Å².